The number of hydrogen-bond donors (Lipinski definition) is 2. The third kappa shape index (κ3) is 4.38. The van der Waals surface area contributed by atoms with E-state index >= 15 is 0 Å². The summed E-state index contributed by atoms with van der Waals surface area (Å²) >= 11 is 5.97. The van der Waals surface area contributed by atoms with Crippen LogP contribution >= 0.6 is 11.6 Å². The van der Waals surface area contributed by atoms with Crippen molar-refractivity contribution in [2.45, 2.75) is 12.1 Å². The maximum atomic E-state index is 10.6. The van der Waals surface area contributed by atoms with Gasteiger partial charge in [0.1, 0.15) is 5.75 Å². The lowest BCUT2D eigenvalue weighted by molar-refractivity contribution is 0.142. The van der Waals surface area contributed by atoms with E-state index < -0.39 is 6.10 Å². The molecular formula is C18H23ClN2O2. The first-order valence-electron chi connectivity index (χ1n) is 7.52. The smallest absolute Gasteiger partial charge is 0.118 e. The van der Waals surface area contributed by atoms with Crippen molar-refractivity contribution in [3.8, 4) is 5.75 Å². The van der Waals surface area contributed by atoms with Crippen LogP contribution in [-0.2, 0) is 0 Å². The number of methoxy groups -OCH3 is 1. The fourth-order valence-corrected chi connectivity index (χ4v) is 2.79. The van der Waals surface area contributed by atoms with Crippen LogP contribution in [0.4, 0.5) is 5.69 Å². The van der Waals surface area contributed by atoms with Gasteiger partial charge in [0.15, 0.2) is 0 Å². The number of anilines is 1. The van der Waals surface area contributed by atoms with Gasteiger partial charge in [-0.05, 0) is 49.0 Å². The Morgan fingerprint density at radius 1 is 1.13 bits per heavy atom. The lowest BCUT2D eigenvalue weighted by Gasteiger charge is -2.34. The minimum atomic E-state index is -0.561. The molecule has 0 saturated carbocycles. The fraction of sp³-hybridized carbons (Fsp3) is 0.333. The van der Waals surface area contributed by atoms with E-state index in [-0.39, 0.29) is 6.04 Å². The first kappa shape index (κ1) is 17.6. The second-order valence-electron chi connectivity index (χ2n) is 5.43. The Kier molecular flexibility index (Phi) is 6.28. The number of halogens is 1. The monoisotopic (exact) mass is 334 g/mol. The second kappa shape index (κ2) is 8.20. The van der Waals surface area contributed by atoms with Crippen molar-refractivity contribution in [3.05, 3.63) is 59.1 Å². The number of hydrogen-bond acceptors (Lipinski definition) is 4. The van der Waals surface area contributed by atoms with E-state index in [1.54, 1.807) is 7.11 Å². The van der Waals surface area contributed by atoms with E-state index in [9.17, 15) is 5.11 Å². The Morgan fingerprint density at radius 3 is 2.26 bits per heavy atom. The molecule has 5 heteroatoms. The van der Waals surface area contributed by atoms with Crippen molar-refractivity contribution < 1.29 is 9.84 Å². The molecule has 0 heterocycles. The maximum absolute atomic E-state index is 10.6. The summed E-state index contributed by atoms with van der Waals surface area (Å²) in [4.78, 5) is 2.06. The molecule has 2 N–H and O–H groups in total. The van der Waals surface area contributed by atoms with E-state index in [1.807, 2.05) is 62.6 Å². The van der Waals surface area contributed by atoms with E-state index in [2.05, 4.69) is 10.2 Å². The normalized spacial score (nSPS) is 13.4. The first-order valence-corrected chi connectivity index (χ1v) is 7.89. The number of aliphatic hydroxyl groups excluding tert-OH is 1. The minimum absolute atomic E-state index is 0.186. The molecule has 0 fully saturated rings. The van der Waals surface area contributed by atoms with Gasteiger partial charge in [-0.1, -0.05) is 23.7 Å². The Balaban J connectivity index is 2.33. The largest absolute Gasteiger partial charge is 0.497 e. The second-order valence-corrected chi connectivity index (χ2v) is 5.87. The topological polar surface area (TPSA) is 44.7 Å². The molecule has 2 rings (SSSR count). The molecule has 2 aromatic rings. The van der Waals surface area contributed by atoms with Crippen LogP contribution in [-0.4, -0.2) is 39.0 Å². The zero-order valence-electron chi connectivity index (χ0n) is 13.7. The van der Waals surface area contributed by atoms with Crippen LogP contribution in [0.3, 0.4) is 0 Å². The molecule has 0 aliphatic heterocycles. The zero-order chi connectivity index (χ0) is 16.8. The summed E-state index contributed by atoms with van der Waals surface area (Å²) in [5.74, 6) is 0.796. The average Bonchev–Trinajstić information content (AvgIpc) is 2.56. The van der Waals surface area contributed by atoms with Crippen molar-refractivity contribution >= 4 is 17.3 Å². The van der Waals surface area contributed by atoms with Crippen LogP contribution in [0, 0.1) is 0 Å². The van der Waals surface area contributed by atoms with Gasteiger partial charge in [0.25, 0.3) is 0 Å². The van der Waals surface area contributed by atoms with Crippen LogP contribution in [0.1, 0.15) is 11.6 Å². The van der Waals surface area contributed by atoms with Gasteiger partial charge in [-0.3, -0.25) is 0 Å². The molecule has 0 saturated heterocycles. The number of ether oxygens (including phenoxy) is 1. The van der Waals surface area contributed by atoms with Crippen molar-refractivity contribution in [2.24, 2.45) is 0 Å². The van der Waals surface area contributed by atoms with Crippen molar-refractivity contribution in [3.63, 3.8) is 0 Å². The summed E-state index contributed by atoms with van der Waals surface area (Å²) in [5.41, 5.74) is 2.01. The highest BCUT2D eigenvalue weighted by Gasteiger charge is 2.25. The third-order valence-electron chi connectivity index (χ3n) is 3.89. The molecule has 0 aliphatic carbocycles. The molecule has 0 radical (unpaired) electrons. The Morgan fingerprint density at radius 2 is 1.74 bits per heavy atom. The predicted molar refractivity (Wildman–Crippen MR) is 95.5 cm³/mol. The summed E-state index contributed by atoms with van der Waals surface area (Å²) in [6, 6.07) is 15.2. The lowest BCUT2D eigenvalue weighted by Crippen LogP contribution is -2.39. The molecule has 2 aromatic carbocycles. The summed E-state index contributed by atoms with van der Waals surface area (Å²) in [5, 5.41) is 14.3. The summed E-state index contributed by atoms with van der Waals surface area (Å²) in [7, 11) is 5.44. The summed E-state index contributed by atoms with van der Waals surface area (Å²) in [6.45, 7) is 0.495. The molecule has 0 aliphatic rings. The van der Waals surface area contributed by atoms with Crippen LogP contribution in [0.2, 0.25) is 5.02 Å². The van der Waals surface area contributed by atoms with Crippen molar-refractivity contribution in [1.82, 2.24) is 5.32 Å². The van der Waals surface area contributed by atoms with Gasteiger partial charge >= 0.3 is 0 Å². The number of likely N-dealkylation sites (N-methyl/N-ethyl adjacent to an activating group) is 2. The van der Waals surface area contributed by atoms with Gasteiger partial charge in [0, 0.05) is 24.3 Å². The molecule has 124 valence electrons. The minimum Gasteiger partial charge on any atom is -0.497 e. The lowest BCUT2D eigenvalue weighted by atomic mass is 9.99. The van der Waals surface area contributed by atoms with Gasteiger partial charge in [0.2, 0.25) is 0 Å². The Hall–Kier alpha value is -1.75. The third-order valence-corrected chi connectivity index (χ3v) is 4.14. The van der Waals surface area contributed by atoms with E-state index in [0.717, 1.165) is 17.0 Å². The standard InChI is InChI=1S/C18H23ClN2O2/c1-20-12-17(22)18(13-4-10-16(23-3)11-5-13)21(2)15-8-6-14(19)7-9-15/h4-11,17-18,20,22H,12H2,1-3H3/t17-,18+/m1/s1. The average molecular weight is 335 g/mol. The quantitative estimate of drug-likeness (QED) is 0.816. The highest BCUT2D eigenvalue weighted by Crippen LogP contribution is 2.30. The fourth-order valence-electron chi connectivity index (χ4n) is 2.66. The number of nitrogens with one attached hydrogen (secondary N) is 1. The summed E-state index contributed by atoms with van der Waals surface area (Å²) < 4.78 is 5.21. The van der Waals surface area contributed by atoms with E-state index in [4.69, 9.17) is 16.3 Å². The summed E-state index contributed by atoms with van der Waals surface area (Å²) in [6.07, 6.45) is -0.561. The van der Waals surface area contributed by atoms with E-state index in [1.165, 1.54) is 0 Å². The zero-order valence-corrected chi connectivity index (χ0v) is 14.4. The van der Waals surface area contributed by atoms with Crippen molar-refractivity contribution in [1.29, 1.82) is 0 Å². The van der Waals surface area contributed by atoms with E-state index in [0.29, 0.717) is 11.6 Å². The highest BCUT2D eigenvalue weighted by atomic mass is 35.5. The number of rotatable bonds is 7. The molecule has 2 atom stereocenters. The molecule has 0 bridgehead atoms. The molecule has 23 heavy (non-hydrogen) atoms. The first-order chi connectivity index (χ1) is 11.1. The van der Waals surface area contributed by atoms with Gasteiger partial charge in [0.05, 0.1) is 19.3 Å². The molecule has 0 aromatic heterocycles. The van der Waals surface area contributed by atoms with Crippen LogP contribution in [0.15, 0.2) is 48.5 Å². The molecule has 0 unspecified atom stereocenters. The molecule has 0 amide bonds. The number of benzene rings is 2. The molecular weight excluding hydrogens is 312 g/mol. The van der Waals surface area contributed by atoms with Gasteiger partial charge in [-0.15, -0.1) is 0 Å². The van der Waals surface area contributed by atoms with Crippen molar-refractivity contribution in [2.75, 3.05) is 32.6 Å². The van der Waals surface area contributed by atoms with Gasteiger partial charge < -0.3 is 20.1 Å². The maximum Gasteiger partial charge on any atom is 0.118 e. The molecule has 4 nitrogen and oxygen atoms in total. The number of nitrogens with zero attached hydrogens (tertiary/aromatic N) is 1. The van der Waals surface area contributed by atoms with Crippen LogP contribution in [0.25, 0.3) is 0 Å². The van der Waals surface area contributed by atoms with Gasteiger partial charge in [-0.25, -0.2) is 0 Å². The van der Waals surface area contributed by atoms with Crippen LogP contribution < -0.4 is 15.0 Å². The predicted octanol–water partition coefficient (Wildman–Crippen LogP) is 3.11. The van der Waals surface area contributed by atoms with Crippen LogP contribution in [0.5, 0.6) is 5.75 Å². The highest BCUT2D eigenvalue weighted by molar-refractivity contribution is 6.30. The SMILES string of the molecule is CNC[C@@H](O)[C@H](c1ccc(OC)cc1)N(C)c1ccc(Cl)cc1. The molecule has 0 spiro atoms. The number of aliphatic hydroxyl groups is 1. The van der Waals surface area contributed by atoms with Gasteiger partial charge in [-0.2, -0.15) is 0 Å². The Labute approximate surface area is 142 Å². The Bertz CT molecular complexity index is 601.